The largest absolute Gasteiger partial charge is 0.368 e. The molecule has 0 saturated heterocycles. The second-order valence-electron chi connectivity index (χ2n) is 3.54. The lowest BCUT2D eigenvalue weighted by Gasteiger charge is -2.22. The first-order chi connectivity index (χ1) is 7.38. The van der Waals surface area contributed by atoms with E-state index in [0.717, 1.165) is 12.1 Å². The van der Waals surface area contributed by atoms with Crippen LogP contribution in [0.25, 0.3) is 0 Å². The van der Waals surface area contributed by atoms with Crippen molar-refractivity contribution in [2.45, 2.75) is 6.54 Å². The Balaban J connectivity index is 2.02. The molecule has 2 rings (SSSR count). The highest BCUT2D eigenvalue weighted by molar-refractivity contribution is 5.30. The highest BCUT2D eigenvalue weighted by Crippen LogP contribution is 2.11. The Bertz CT molecular complexity index is 424. The third-order valence-corrected chi connectivity index (χ3v) is 2.34. The second-order valence-corrected chi connectivity index (χ2v) is 3.54. The molecule has 74 valence electrons. The van der Waals surface area contributed by atoms with Crippen LogP contribution >= 0.6 is 0 Å². The Morgan fingerprint density at radius 2 is 2.07 bits per heavy atom. The minimum Gasteiger partial charge on any atom is -0.368 e. The van der Waals surface area contributed by atoms with Gasteiger partial charge < -0.3 is 4.90 Å². The van der Waals surface area contributed by atoms with Crippen molar-refractivity contribution in [3.63, 3.8) is 0 Å². The van der Waals surface area contributed by atoms with Crippen molar-refractivity contribution in [2.75, 3.05) is 6.54 Å². The van der Waals surface area contributed by atoms with E-state index < -0.39 is 0 Å². The van der Waals surface area contributed by atoms with Crippen LogP contribution in [0.4, 0.5) is 0 Å². The first-order valence-corrected chi connectivity index (χ1v) is 4.94. The van der Waals surface area contributed by atoms with E-state index in [1.54, 1.807) is 0 Å². The number of benzene rings is 1. The molecule has 1 aliphatic heterocycles. The maximum atomic E-state index is 8.80. The van der Waals surface area contributed by atoms with Crippen molar-refractivity contribution in [1.29, 1.82) is 5.26 Å². The highest BCUT2D eigenvalue weighted by Gasteiger charge is 2.06. The number of rotatable bonds is 2. The molecule has 0 bridgehead atoms. The molecule has 1 heterocycles. The van der Waals surface area contributed by atoms with Crippen molar-refractivity contribution >= 4 is 0 Å². The van der Waals surface area contributed by atoms with Crippen LogP contribution in [-0.4, -0.2) is 11.4 Å². The first-order valence-electron chi connectivity index (χ1n) is 4.94. The van der Waals surface area contributed by atoms with Gasteiger partial charge in [-0.25, -0.2) is 0 Å². The normalized spacial score (nSPS) is 14.6. The topological polar surface area (TPSA) is 27.0 Å². The van der Waals surface area contributed by atoms with Gasteiger partial charge in [0.05, 0.1) is 12.6 Å². The zero-order valence-corrected chi connectivity index (χ0v) is 8.43. The molecule has 1 aromatic carbocycles. The maximum Gasteiger partial charge on any atom is 0.0966 e. The van der Waals surface area contributed by atoms with Crippen LogP contribution in [0.15, 0.2) is 54.3 Å². The molecule has 2 heteroatoms. The minimum atomic E-state index is 0.710. The van der Waals surface area contributed by atoms with Crippen molar-refractivity contribution in [2.24, 2.45) is 0 Å². The summed E-state index contributed by atoms with van der Waals surface area (Å²) in [6.07, 6.45) is 5.81. The minimum absolute atomic E-state index is 0.710. The van der Waals surface area contributed by atoms with Crippen molar-refractivity contribution in [1.82, 2.24) is 4.90 Å². The van der Waals surface area contributed by atoms with E-state index in [-0.39, 0.29) is 0 Å². The van der Waals surface area contributed by atoms with Crippen LogP contribution in [-0.2, 0) is 6.54 Å². The Hall–Kier alpha value is -2.01. The predicted molar refractivity (Wildman–Crippen MR) is 59.7 cm³/mol. The molecule has 1 aliphatic rings. The molecule has 0 fully saturated rings. The molecule has 0 amide bonds. The SMILES string of the molecule is N#CC1=CC=CN(Cc2ccccc2)C1. The number of allylic oxidation sites excluding steroid dienone is 2. The van der Waals surface area contributed by atoms with E-state index in [9.17, 15) is 0 Å². The van der Waals surface area contributed by atoms with Gasteiger partial charge in [0, 0.05) is 12.1 Å². The van der Waals surface area contributed by atoms with Crippen molar-refractivity contribution in [3.8, 4) is 6.07 Å². The van der Waals surface area contributed by atoms with Gasteiger partial charge in [0.1, 0.15) is 0 Å². The zero-order chi connectivity index (χ0) is 10.5. The fraction of sp³-hybridized carbons (Fsp3) is 0.154. The zero-order valence-electron chi connectivity index (χ0n) is 8.43. The van der Waals surface area contributed by atoms with E-state index in [0.29, 0.717) is 6.54 Å². The van der Waals surface area contributed by atoms with Gasteiger partial charge in [-0.1, -0.05) is 30.3 Å². The molecule has 0 N–H and O–H groups in total. The van der Waals surface area contributed by atoms with Crippen molar-refractivity contribution in [3.05, 3.63) is 59.8 Å². The standard InChI is InChI=1S/C13H12N2/c14-9-13-7-4-8-15(11-13)10-12-5-2-1-3-6-12/h1-8H,10-11H2. The lowest BCUT2D eigenvalue weighted by Crippen LogP contribution is -2.21. The quantitative estimate of drug-likeness (QED) is 0.726. The lowest BCUT2D eigenvalue weighted by molar-refractivity contribution is 0.399. The molecule has 0 unspecified atom stereocenters. The first kappa shape index (κ1) is 9.54. The molecule has 0 spiro atoms. The summed E-state index contributed by atoms with van der Waals surface area (Å²) >= 11 is 0. The van der Waals surface area contributed by atoms with Gasteiger partial charge in [0.15, 0.2) is 0 Å². The number of hydrogen-bond donors (Lipinski definition) is 0. The third kappa shape index (κ3) is 2.47. The third-order valence-electron chi connectivity index (χ3n) is 2.34. The summed E-state index contributed by atoms with van der Waals surface area (Å²) in [4.78, 5) is 2.13. The molecular formula is C13H12N2. The maximum absolute atomic E-state index is 8.80. The van der Waals surface area contributed by atoms with Gasteiger partial charge in [0.2, 0.25) is 0 Å². The van der Waals surface area contributed by atoms with Gasteiger partial charge in [0.25, 0.3) is 0 Å². The summed E-state index contributed by atoms with van der Waals surface area (Å²) in [7, 11) is 0. The fourth-order valence-corrected chi connectivity index (χ4v) is 1.60. The van der Waals surface area contributed by atoms with Crippen LogP contribution < -0.4 is 0 Å². The Labute approximate surface area is 89.8 Å². The van der Waals surface area contributed by atoms with Crippen LogP contribution in [0, 0.1) is 11.3 Å². The van der Waals surface area contributed by atoms with Gasteiger partial charge in [-0.3, -0.25) is 0 Å². The monoisotopic (exact) mass is 196 g/mol. The van der Waals surface area contributed by atoms with Gasteiger partial charge in [-0.15, -0.1) is 0 Å². The average Bonchev–Trinajstić information content (AvgIpc) is 2.31. The highest BCUT2D eigenvalue weighted by atomic mass is 15.1. The van der Waals surface area contributed by atoms with E-state index in [2.05, 4.69) is 23.1 Å². The molecule has 0 atom stereocenters. The number of hydrogen-bond acceptors (Lipinski definition) is 2. The number of nitriles is 1. The number of nitrogens with zero attached hydrogens (tertiary/aromatic N) is 2. The van der Waals surface area contributed by atoms with E-state index in [1.807, 2.05) is 36.6 Å². The summed E-state index contributed by atoms with van der Waals surface area (Å²) in [6, 6.07) is 12.5. The Kier molecular flexibility index (Phi) is 2.85. The summed E-state index contributed by atoms with van der Waals surface area (Å²) in [5.74, 6) is 0. The smallest absolute Gasteiger partial charge is 0.0966 e. The summed E-state index contributed by atoms with van der Waals surface area (Å²) < 4.78 is 0. The molecule has 1 aromatic rings. The molecule has 0 aromatic heterocycles. The van der Waals surface area contributed by atoms with E-state index in [1.165, 1.54) is 5.56 Å². The van der Waals surface area contributed by atoms with Gasteiger partial charge >= 0.3 is 0 Å². The molecule has 2 nitrogen and oxygen atoms in total. The van der Waals surface area contributed by atoms with E-state index >= 15 is 0 Å². The van der Waals surface area contributed by atoms with Gasteiger partial charge in [-0.05, 0) is 23.9 Å². The summed E-state index contributed by atoms with van der Waals surface area (Å²) in [5, 5.41) is 8.80. The van der Waals surface area contributed by atoms with Crippen LogP contribution in [0.5, 0.6) is 0 Å². The molecule has 15 heavy (non-hydrogen) atoms. The van der Waals surface area contributed by atoms with E-state index in [4.69, 9.17) is 5.26 Å². The molecule has 0 aliphatic carbocycles. The van der Waals surface area contributed by atoms with Crippen LogP contribution in [0.2, 0.25) is 0 Å². The second kappa shape index (κ2) is 4.47. The Morgan fingerprint density at radius 3 is 2.80 bits per heavy atom. The van der Waals surface area contributed by atoms with Crippen molar-refractivity contribution < 1.29 is 0 Å². The Morgan fingerprint density at radius 1 is 1.27 bits per heavy atom. The molecule has 0 radical (unpaired) electrons. The van der Waals surface area contributed by atoms with Gasteiger partial charge in [-0.2, -0.15) is 5.26 Å². The lowest BCUT2D eigenvalue weighted by atomic mass is 10.1. The van der Waals surface area contributed by atoms with Crippen LogP contribution in [0.1, 0.15) is 5.56 Å². The summed E-state index contributed by atoms with van der Waals surface area (Å²) in [6.45, 7) is 1.57. The molecular weight excluding hydrogens is 184 g/mol. The molecule has 0 saturated carbocycles. The summed E-state index contributed by atoms with van der Waals surface area (Å²) in [5.41, 5.74) is 2.08. The average molecular weight is 196 g/mol. The fourth-order valence-electron chi connectivity index (χ4n) is 1.60. The van der Waals surface area contributed by atoms with Crippen LogP contribution in [0.3, 0.4) is 0 Å². The predicted octanol–water partition coefficient (Wildman–Crippen LogP) is 2.47.